The fourth-order valence-electron chi connectivity index (χ4n) is 3.85. The Labute approximate surface area is 205 Å². The number of rotatable bonds is 7. The third-order valence-corrected chi connectivity index (χ3v) is 7.22. The predicted octanol–water partition coefficient (Wildman–Crippen LogP) is -1.87. The molecular formula is C18H19N9O6S2. The molecule has 17 heteroatoms. The molecule has 0 unspecified atom stereocenters. The molecule has 35 heavy (non-hydrogen) atoms. The van der Waals surface area contributed by atoms with Gasteiger partial charge in [0.2, 0.25) is 17.4 Å². The number of fused-ring (bicyclic) bond motifs is 1. The van der Waals surface area contributed by atoms with Crippen molar-refractivity contribution in [2.45, 2.75) is 17.8 Å². The van der Waals surface area contributed by atoms with Crippen molar-refractivity contribution in [1.82, 2.24) is 24.5 Å². The Morgan fingerprint density at radius 2 is 2.11 bits per heavy atom. The molecule has 1 aromatic rings. The van der Waals surface area contributed by atoms with E-state index in [4.69, 9.17) is 16.9 Å². The number of likely N-dealkylation sites (tertiary alicyclic amines) is 1. The smallest absolute Gasteiger partial charge is 0.352 e. The van der Waals surface area contributed by atoms with Crippen LogP contribution in [-0.2, 0) is 19.2 Å². The number of hydrogen-bond donors (Lipinski definition) is 6. The number of thioether (sulfide) groups is 1. The Bertz CT molecular complexity index is 1240. The number of carboxylic acid groups (broad SMARTS) is 1. The first-order valence-electron chi connectivity index (χ1n) is 9.98. The highest BCUT2D eigenvalue weighted by Gasteiger charge is 2.54. The first-order valence-corrected chi connectivity index (χ1v) is 11.8. The zero-order chi connectivity index (χ0) is 25.4. The average Bonchev–Trinajstić information content (AvgIpc) is 3.37. The number of oxime groups is 1. The number of anilines is 1. The van der Waals surface area contributed by atoms with Gasteiger partial charge in [0.05, 0.1) is 6.54 Å². The summed E-state index contributed by atoms with van der Waals surface area (Å²) in [7, 11) is 0. The number of carbonyl (C=O) groups is 4. The number of hydrogen-bond acceptors (Lipinski definition) is 12. The van der Waals surface area contributed by atoms with Crippen molar-refractivity contribution < 1.29 is 29.5 Å². The van der Waals surface area contributed by atoms with Crippen LogP contribution in [0.15, 0.2) is 28.1 Å². The molecule has 0 bridgehead atoms. The van der Waals surface area contributed by atoms with Gasteiger partial charge in [0, 0.05) is 29.4 Å². The number of aliphatic carboxylic acids is 1. The SMILES string of the molecule is N=C(N)CN1CCC(=CC2=C(C(=O)O)N3C(=O)[C@@H](NC(=O)/C(=N\O)c4nsc(N)n4)[C@H]3SC2)C1=O. The number of carboxylic acids is 1. The second-order valence-corrected chi connectivity index (χ2v) is 9.50. The number of carbonyl (C=O) groups excluding carboxylic acids is 3. The summed E-state index contributed by atoms with van der Waals surface area (Å²) in [5, 5.41) is 31.0. The lowest BCUT2D eigenvalue weighted by Gasteiger charge is -2.49. The molecule has 0 spiro atoms. The van der Waals surface area contributed by atoms with Gasteiger partial charge in [-0.2, -0.15) is 9.36 Å². The van der Waals surface area contributed by atoms with Gasteiger partial charge in [-0.25, -0.2) is 4.79 Å². The molecule has 2 saturated heterocycles. The van der Waals surface area contributed by atoms with Gasteiger partial charge < -0.3 is 32.0 Å². The summed E-state index contributed by atoms with van der Waals surface area (Å²) < 4.78 is 3.79. The third-order valence-electron chi connectivity index (χ3n) is 5.38. The van der Waals surface area contributed by atoms with E-state index in [2.05, 4.69) is 19.8 Å². The van der Waals surface area contributed by atoms with E-state index in [9.17, 15) is 29.5 Å². The van der Waals surface area contributed by atoms with Crippen molar-refractivity contribution in [3.8, 4) is 0 Å². The Kier molecular flexibility index (Phi) is 6.44. The summed E-state index contributed by atoms with van der Waals surface area (Å²) >= 11 is 1.99. The molecule has 4 rings (SSSR count). The van der Waals surface area contributed by atoms with E-state index in [0.717, 1.165) is 16.4 Å². The Hall–Kier alpha value is -3.99. The van der Waals surface area contributed by atoms with E-state index in [1.54, 1.807) is 0 Å². The second-order valence-electron chi connectivity index (χ2n) is 7.62. The van der Waals surface area contributed by atoms with Crippen molar-refractivity contribution in [1.29, 1.82) is 5.41 Å². The minimum Gasteiger partial charge on any atom is -0.477 e. The van der Waals surface area contributed by atoms with Crippen LogP contribution < -0.4 is 16.8 Å². The first kappa shape index (κ1) is 24.1. The summed E-state index contributed by atoms with van der Waals surface area (Å²) in [4.78, 5) is 56.2. The summed E-state index contributed by atoms with van der Waals surface area (Å²) in [6.07, 6.45) is 1.81. The van der Waals surface area contributed by atoms with E-state index in [1.165, 1.54) is 22.7 Å². The van der Waals surface area contributed by atoms with E-state index in [0.29, 0.717) is 18.5 Å². The predicted molar refractivity (Wildman–Crippen MR) is 124 cm³/mol. The number of nitrogen functional groups attached to an aromatic ring is 1. The maximum absolute atomic E-state index is 12.8. The van der Waals surface area contributed by atoms with Crippen molar-refractivity contribution in [3.05, 3.63) is 28.7 Å². The minimum absolute atomic E-state index is 0.0219. The minimum atomic E-state index is -1.36. The molecule has 2 atom stereocenters. The van der Waals surface area contributed by atoms with Gasteiger partial charge in [0.15, 0.2) is 5.13 Å². The van der Waals surface area contributed by atoms with Crippen molar-refractivity contribution in [3.63, 3.8) is 0 Å². The van der Waals surface area contributed by atoms with Gasteiger partial charge in [0.1, 0.15) is 22.9 Å². The van der Waals surface area contributed by atoms with Crippen LogP contribution in [0.1, 0.15) is 12.2 Å². The van der Waals surface area contributed by atoms with Crippen LogP contribution in [0.5, 0.6) is 0 Å². The molecule has 3 aliphatic heterocycles. The van der Waals surface area contributed by atoms with Crippen LogP contribution in [0.4, 0.5) is 5.13 Å². The Balaban J connectivity index is 1.53. The fraction of sp³-hybridized carbons (Fsp3) is 0.333. The first-order chi connectivity index (χ1) is 16.6. The molecule has 3 amide bonds. The molecule has 4 heterocycles. The fourth-order valence-corrected chi connectivity index (χ4v) is 5.59. The zero-order valence-electron chi connectivity index (χ0n) is 17.8. The van der Waals surface area contributed by atoms with Crippen LogP contribution in [0, 0.1) is 5.41 Å². The molecule has 0 aromatic carbocycles. The molecule has 0 aliphatic carbocycles. The molecule has 8 N–H and O–H groups in total. The van der Waals surface area contributed by atoms with Crippen LogP contribution in [0.25, 0.3) is 0 Å². The topological polar surface area (TPSA) is 241 Å². The summed E-state index contributed by atoms with van der Waals surface area (Å²) in [6.45, 7) is 0.326. The van der Waals surface area contributed by atoms with Gasteiger partial charge in [-0.1, -0.05) is 5.16 Å². The lowest BCUT2D eigenvalue weighted by Crippen LogP contribution is -2.71. The molecule has 184 valence electrons. The molecule has 15 nitrogen and oxygen atoms in total. The second kappa shape index (κ2) is 9.34. The molecule has 3 aliphatic rings. The largest absolute Gasteiger partial charge is 0.477 e. The van der Waals surface area contributed by atoms with Crippen LogP contribution in [-0.4, -0.2) is 95.0 Å². The highest BCUT2D eigenvalue weighted by Crippen LogP contribution is 2.41. The molecular weight excluding hydrogens is 502 g/mol. The summed E-state index contributed by atoms with van der Waals surface area (Å²) in [5.41, 5.74) is 10.7. The Morgan fingerprint density at radius 1 is 1.37 bits per heavy atom. The van der Waals surface area contributed by atoms with Crippen molar-refractivity contribution in [2.24, 2.45) is 10.9 Å². The number of aromatic nitrogens is 2. The highest BCUT2D eigenvalue weighted by atomic mass is 32.2. The number of allylic oxidation sites excluding steroid dienone is 1. The van der Waals surface area contributed by atoms with E-state index >= 15 is 0 Å². The average molecular weight is 522 g/mol. The van der Waals surface area contributed by atoms with Gasteiger partial charge in [0.25, 0.3) is 11.8 Å². The molecule has 0 radical (unpaired) electrons. The monoisotopic (exact) mass is 521 g/mol. The number of β-lactam (4-membered cyclic amide) rings is 1. The van der Waals surface area contributed by atoms with Gasteiger partial charge in [-0.15, -0.1) is 11.8 Å². The zero-order valence-corrected chi connectivity index (χ0v) is 19.4. The standard InChI is InChI=1S/C18H19N9O6S2/c19-8(20)4-26-2-1-6(14(26)29)3-7-5-34-16-10(15(30)27(16)11(7)17(31)32)22-13(28)9(24-33)12-23-18(21)35-25-12/h3,10,16,33H,1-2,4-5H2,(H3,19,20)(H,22,28)(H,31,32)(H2,21,23,25)/b6-3?,24-9-/t10-,16-/m1/s1. The van der Waals surface area contributed by atoms with Crippen LogP contribution in [0.3, 0.4) is 0 Å². The third kappa shape index (κ3) is 4.42. The normalized spacial score (nSPS) is 23.4. The highest BCUT2D eigenvalue weighted by molar-refractivity contribution is 8.00. The lowest BCUT2D eigenvalue weighted by molar-refractivity contribution is -0.150. The van der Waals surface area contributed by atoms with Gasteiger partial charge in [-0.05, 0) is 18.1 Å². The number of amides is 3. The molecule has 1 aromatic heterocycles. The van der Waals surface area contributed by atoms with E-state index < -0.39 is 34.9 Å². The maximum atomic E-state index is 12.8. The van der Waals surface area contributed by atoms with Gasteiger partial charge >= 0.3 is 5.97 Å². The quantitative estimate of drug-likeness (QED) is 0.0580. The number of nitrogens with one attached hydrogen (secondary N) is 2. The van der Waals surface area contributed by atoms with E-state index in [-0.39, 0.29) is 46.3 Å². The maximum Gasteiger partial charge on any atom is 0.352 e. The van der Waals surface area contributed by atoms with E-state index in [1.807, 2.05) is 0 Å². The summed E-state index contributed by atoms with van der Waals surface area (Å²) in [5.74, 6) is -3.53. The number of nitrogens with two attached hydrogens (primary N) is 2. The summed E-state index contributed by atoms with van der Waals surface area (Å²) in [6, 6.07) is -1.08. The van der Waals surface area contributed by atoms with Crippen molar-refractivity contribution >= 4 is 63.7 Å². The van der Waals surface area contributed by atoms with Crippen molar-refractivity contribution in [2.75, 3.05) is 24.6 Å². The molecule has 2 fully saturated rings. The lowest BCUT2D eigenvalue weighted by atomic mass is 10.0. The van der Waals surface area contributed by atoms with Crippen LogP contribution >= 0.6 is 23.3 Å². The Morgan fingerprint density at radius 3 is 2.71 bits per heavy atom. The molecule has 0 saturated carbocycles. The number of amidine groups is 1. The van der Waals surface area contributed by atoms with Gasteiger partial charge in [-0.3, -0.25) is 24.7 Å². The van der Waals surface area contributed by atoms with Crippen LogP contribution in [0.2, 0.25) is 0 Å². The number of nitrogens with zero attached hydrogens (tertiary/aromatic N) is 5.